The van der Waals surface area contributed by atoms with Crippen LogP contribution in [0.4, 0.5) is 0 Å². The predicted octanol–water partition coefficient (Wildman–Crippen LogP) is 4.23. The smallest absolute Gasteiger partial charge is 0.159 e. The minimum atomic E-state index is 0.774. The molecule has 0 spiro atoms. The van der Waals surface area contributed by atoms with E-state index in [2.05, 4.69) is 32.0 Å². The van der Waals surface area contributed by atoms with E-state index in [4.69, 9.17) is 9.72 Å². The van der Waals surface area contributed by atoms with Crippen LogP contribution < -0.4 is 4.74 Å². The summed E-state index contributed by atoms with van der Waals surface area (Å²) in [5.74, 6) is 1.63. The van der Waals surface area contributed by atoms with Crippen molar-refractivity contribution in [3.05, 3.63) is 77.3 Å². The summed E-state index contributed by atoms with van der Waals surface area (Å²) in [6, 6.07) is 11.9. The van der Waals surface area contributed by atoms with Gasteiger partial charge in [-0.2, -0.15) is 0 Å². The van der Waals surface area contributed by atoms with Gasteiger partial charge in [0.25, 0.3) is 0 Å². The maximum Gasteiger partial charge on any atom is 0.159 e. The van der Waals surface area contributed by atoms with Crippen molar-refractivity contribution in [2.75, 3.05) is 13.7 Å². The highest BCUT2D eigenvalue weighted by Gasteiger charge is 2.20. The first-order valence-corrected chi connectivity index (χ1v) is 10.7. The summed E-state index contributed by atoms with van der Waals surface area (Å²) in [6.07, 6.45) is 8.44. The molecule has 1 aliphatic rings. The maximum atomic E-state index is 5.24. The van der Waals surface area contributed by atoms with Gasteiger partial charge in [0.05, 0.1) is 12.8 Å². The fourth-order valence-electron chi connectivity index (χ4n) is 3.62. The Balaban J connectivity index is 1.27. The Kier molecular flexibility index (Phi) is 5.21. The fourth-order valence-corrected chi connectivity index (χ4v) is 4.58. The molecular formula is C23H21N5OS. The van der Waals surface area contributed by atoms with Gasteiger partial charge < -0.3 is 4.74 Å². The molecule has 4 aromatic rings. The number of ether oxygens (including phenoxy) is 1. The maximum absolute atomic E-state index is 5.24. The number of hydrogen-bond acceptors (Lipinski definition) is 7. The van der Waals surface area contributed by atoms with Gasteiger partial charge in [-0.3, -0.25) is 9.88 Å². The molecule has 0 amide bonds. The van der Waals surface area contributed by atoms with E-state index in [1.165, 1.54) is 10.4 Å². The van der Waals surface area contributed by atoms with Crippen molar-refractivity contribution in [1.82, 2.24) is 24.8 Å². The van der Waals surface area contributed by atoms with E-state index in [-0.39, 0.29) is 0 Å². The largest absolute Gasteiger partial charge is 0.497 e. The molecule has 0 saturated heterocycles. The van der Waals surface area contributed by atoms with Gasteiger partial charge in [-0.1, -0.05) is 0 Å². The van der Waals surface area contributed by atoms with Crippen LogP contribution >= 0.6 is 11.3 Å². The molecule has 0 saturated carbocycles. The van der Waals surface area contributed by atoms with Crippen LogP contribution in [-0.2, 0) is 19.5 Å². The quantitative estimate of drug-likeness (QED) is 0.486. The normalized spacial score (nSPS) is 13.8. The van der Waals surface area contributed by atoms with Crippen molar-refractivity contribution in [3.63, 3.8) is 0 Å². The highest BCUT2D eigenvalue weighted by Crippen LogP contribution is 2.29. The molecule has 0 N–H and O–H groups in total. The SMILES string of the molecule is COc1ccc(-c2ncc(CN3CCc4nc(-c5ccncc5)ncc4C3)s2)cc1. The first-order chi connectivity index (χ1) is 14.8. The van der Waals surface area contributed by atoms with Crippen molar-refractivity contribution in [1.29, 1.82) is 0 Å². The molecule has 7 heteroatoms. The van der Waals surface area contributed by atoms with Crippen LogP contribution in [0.2, 0.25) is 0 Å². The van der Waals surface area contributed by atoms with E-state index in [0.717, 1.165) is 59.5 Å². The number of pyridine rings is 1. The molecule has 0 atom stereocenters. The number of fused-ring (bicyclic) bond motifs is 1. The summed E-state index contributed by atoms with van der Waals surface area (Å²) >= 11 is 1.74. The number of rotatable bonds is 5. The van der Waals surface area contributed by atoms with E-state index >= 15 is 0 Å². The van der Waals surface area contributed by atoms with Crippen molar-refractivity contribution in [2.45, 2.75) is 19.5 Å². The van der Waals surface area contributed by atoms with Crippen molar-refractivity contribution < 1.29 is 4.74 Å². The number of nitrogens with zero attached hydrogens (tertiary/aromatic N) is 5. The lowest BCUT2D eigenvalue weighted by Gasteiger charge is -2.27. The Morgan fingerprint density at radius 3 is 2.63 bits per heavy atom. The van der Waals surface area contributed by atoms with Gasteiger partial charge in [0, 0.05) is 72.4 Å². The van der Waals surface area contributed by atoms with E-state index in [1.807, 2.05) is 36.7 Å². The summed E-state index contributed by atoms with van der Waals surface area (Å²) in [5.41, 5.74) is 4.48. The summed E-state index contributed by atoms with van der Waals surface area (Å²) in [6.45, 7) is 2.73. The third kappa shape index (κ3) is 3.94. The predicted molar refractivity (Wildman–Crippen MR) is 117 cm³/mol. The number of methoxy groups -OCH3 is 1. The first-order valence-electron chi connectivity index (χ1n) is 9.85. The van der Waals surface area contributed by atoms with Crippen LogP contribution in [0.15, 0.2) is 61.2 Å². The Bertz CT molecular complexity index is 1140. The van der Waals surface area contributed by atoms with Gasteiger partial charge in [-0.15, -0.1) is 11.3 Å². The fraction of sp³-hybridized carbons (Fsp3) is 0.217. The molecule has 1 aliphatic heterocycles. The highest BCUT2D eigenvalue weighted by atomic mass is 32.1. The zero-order chi connectivity index (χ0) is 20.3. The van der Waals surface area contributed by atoms with Crippen LogP contribution in [0, 0.1) is 0 Å². The van der Waals surface area contributed by atoms with Crippen LogP contribution in [0.3, 0.4) is 0 Å². The Labute approximate surface area is 179 Å². The highest BCUT2D eigenvalue weighted by molar-refractivity contribution is 7.15. The van der Waals surface area contributed by atoms with Gasteiger partial charge in [0.2, 0.25) is 0 Å². The lowest BCUT2D eigenvalue weighted by molar-refractivity contribution is 0.245. The van der Waals surface area contributed by atoms with E-state index in [1.54, 1.807) is 30.8 Å². The second-order valence-electron chi connectivity index (χ2n) is 7.22. The van der Waals surface area contributed by atoms with Crippen molar-refractivity contribution in [2.24, 2.45) is 0 Å². The van der Waals surface area contributed by atoms with Crippen LogP contribution in [0.1, 0.15) is 16.1 Å². The average Bonchev–Trinajstić information content (AvgIpc) is 3.28. The number of benzene rings is 1. The van der Waals surface area contributed by atoms with Crippen molar-refractivity contribution >= 4 is 11.3 Å². The van der Waals surface area contributed by atoms with Gasteiger partial charge in [-0.05, 0) is 36.4 Å². The average molecular weight is 416 g/mol. The molecular weight excluding hydrogens is 394 g/mol. The second-order valence-corrected chi connectivity index (χ2v) is 8.34. The molecule has 6 nitrogen and oxygen atoms in total. The molecule has 1 aromatic carbocycles. The Morgan fingerprint density at radius 2 is 1.83 bits per heavy atom. The topological polar surface area (TPSA) is 64.0 Å². The molecule has 0 bridgehead atoms. The minimum Gasteiger partial charge on any atom is -0.497 e. The van der Waals surface area contributed by atoms with Crippen LogP contribution in [-0.4, -0.2) is 38.5 Å². The Morgan fingerprint density at radius 1 is 1.00 bits per heavy atom. The molecule has 3 aromatic heterocycles. The van der Waals surface area contributed by atoms with Crippen molar-refractivity contribution in [3.8, 4) is 27.7 Å². The number of thiazole rings is 1. The third-order valence-electron chi connectivity index (χ3n) is 5.22. The molecule has 0 aliphatic carbocycles. The van der Waals surface area contributed by atoms with Gasteiger partial charge in [0.15, 0.2) is 5.82 Å². The molecule has 4 heterocycles. The molecule has 30 heavy (non-hydrogen) atoms. The first kappa shape index (κ1) is 18.8. The summed E-state index contributed by atoms with van der Waals surface area (Å²) in [5, 5.41) is 1.04. The second kappa shape index (κ2) is 8.30. The standard InChI is InChI=1S/C23H21N5OS/c1-29-19-4-2-17(3-5-19)23-26-13-20(30-23)15-28-11-8-21-18(14-28)12-25-22(27-21)16-6-9-24-10-7-16/h2-7,9-10,12-13H,8,11,14-15H2,1H3. The summed E-state index contributed by atoms with van der Waals surface area (Å²) in [7, 11) is 1.68. The zero-order valence-corrected chi connectivity index (χ0v) is 17.5. The molecule has 0 unspecified atom stereocenters. The van der Waals surface area contributed by atoms with Gasteiger partial charge in [-0.25, -0.2) is 15.0 Å². The van der Waals surface area contributed by atoms with Gasteiger partial charge >= 0.3 is 0 Å². The van der Waals surface area contributed by atoms with Crippen LogP contribution in [0.25, 0.3) is 22.0 Å². The van der Waals surface area contributed by atoms with E-state index in [9.17, 15) is 0 Å². The number of hydrogen-bond donors (Lipinski definition) is 0. The monoisotopic (exact) mass is 415 g/mol. The Hall–Kier alpha value is -3.16. The molecule has 150 valence electrons. The van der Waals surface area contributed by atoms with E-state index < -0.39 is 0 Å². The summed E-state index contributed by atoms with van der Waals surface area (Å²) < 4.78 is 5.24. The third-order valence-corrected chi connectivity index (χ3v) is 6.25. The molecule has 0 fully saturated rings. The van der Waals surface area contributed by atoms with Crippen LogP contribution in [0.5, 0.6) is 5.75 Å². The minimum absolute atomic E-state index is 0.774. The zero-order valence-electron chi connectivity index (χ0n) is 16.7. The summed E-state index contributed by atoms with van der Waals surface area (Å²) in [4.78, 5) is 21.8. The lowest BCUT2D eigenvalue weighted by Crippen LogP contribution is -2.30. The molecule has 5 rings (SSSR count). The number of aromatic nitrogens is 4. The lowest BCUT2D eigenvalue weighted by atomic mass is 10.1. The molecule has 0 radical (unpaired) electrons. The van der Waals surface area contributed by atoms with Gasteiger partial charge in [0.1, 0.15) is 10.8 Å². The van der Waals surface area contributed by atoms with E-state index in [0.29, 0.717) is 0 Å².